The quantitative estimate of drug-likeness (QED) is 0.688. The lowest BCUT2D eigenvalue weighted by Crippen LogP contribution is -2.41. The number of benzene rings is 1. The van der Waals surface area contributed by atoms with Crippen molar-refractivity contribution in [3.63, 3.8) is 0 Å². The van der Waals surface area contributed by atoms with Crippen molar-refractivity contribution in [2.75, 3.05) is 0 Å². The number of halogens is 1. The van der Waals surface area contributed by atoms with Crippen molar-refractivity contribution in [3.8, 4) is 11.5 Å². The van der Waals surface area contributed by atoms with Crippen LogP contribution in [0.3, 0.4) is 0 Å². The van der Waals surface area contributed by atoms with Gasteiger partial charge in [-0.3, -0.25) is 0 Å². The second kappa shape index (κ2) is 6.24. The van der Waals surface area contributed by atoms with Gasteiger partial charge in [0.2, 0.25) is 0 Å². The molecule has 0 unspecified atom stereocenters. The maximum absolute atomic E-state index is 15.7. The third-order valence-corrected chi connectivity index (χ3v) is 6.63. The zero-order valence-electron chi connectivity index (χ0n) is 16.6. The lowest BCUT2D eigenvalue weighted by Gasteiger charge is -2.42. The normalized spacial score (nSPS) is 27.2. The highest BCUT2D eigenvalue weighted by molar-refractivity contribution is 6.55. The maximum Gasteiger partial charge on any atom is 0.525 e. The average molecular weight is 374 g/mol. The Balaban J connectivity index is 1.77. The van der Waals surface area contributed by atoms with Crippen molar-refractivity contribution >= 4 is 12.7 Å². The standard InChI is InChI=1S/C21H28BFO4/c1-19(2)20(3,4)27-22(26-19)18(23)16-13-21(10-6-5-7-11-21)25-17-12-14(24)8-9-15(16)17/h8-9,12,24H,5-7,10-11,13H2,1-4H3. The van der Waals surface area contributed by atoms with Gasteiger partial charge in [0.1, 0.15) is 22.8 Å². The van der Waals surface area contributed by atoms with E-state index in [9.17, 15) is 5.11 Å². The zero-order valence-corrected chi connectivity index (χ0v) is 16.6. The first-order valence-electron chi connectivity index (χ1n) is 9.89. The van der Waals surface area contributed by atoms with Gasteiger partial charge in [0.05, 0.1) is 11.2 Å². The number of aromatic hydroxyl groups is 1. The maximum atomic E-state index is 15.7. The van der Waals surface area contributed by atoms with Crippen molar-refractivity contribution in [2.24, 2.45) is 0 Å². The first-order chi connectivity index (χ1) is 12.6. The molecule has 1 saturated carbocycles. The number of hydrogen-bond acceptors (Lipinski definition) is 4. The molecule has 1 saturated heterocycles. The number of rotatable bonds is 1. The summed E-state index contributed by atoms with van der Waals surface area (Å²) >= 11 is 0. The van der Waals surface area contributed by atoms with Crippen molar-refractivity contribution in [2.45, 2.75) is 83.0 Å². The Bertz CT molecular complexity index is 764. The SMILES string of the molecule is CC1(C)OB(C(F)=C2CC3(CCCCC3)Oc3cc(O)ccc32)OC1(C)C. The number of ether oxygens (including phenoxy) is 1. The fraction of sp³-hybridized carbons (Fsp3) is 0.619. The summed E-state index contributed by atoms with van der Waals surface area (Å²) < 4.78 is 33.9. The Hall–Kier alpha value is -1.53. The lowest BCUT2D eigenvalue weighted by atomic mass is 9.73. The van der Waals surface area contributed by atoms with Gasteiger partial charge in [-0.15, -0.1) is 0 Å². The Labute approximate surface area is 160 Å². The summed E-state index contributed by atoms with van der Waals surface area (Å²) in [5.74, 6) is 0.668. The molecular weight excluding hydrogens is 346 g/mol. The summed E-state index contributed by atoms with van der Waals surface area (Å²) in [6, 6.07) is 4.88. The highest BCUT2D eigenvalue weighted by atomic mass is 19.1. The molecule has 146 valence electrons. The fourth-order valence-electron chi connectivity index (χ4n) is 4.31. The first-order valence-corrected chi connectivity index (χ1v) is 9.89. The molecule has 1 aromatic rings. The first kappa shape index (κ1) is 18.8. The second-order valence-electron chi connectivity index (χ2n) is 9.12. The molecule has 0 aromatic heterocycles. The Morgan fingerprint density at radius 1 is 1.04 bits per heavy atom. The fourth-order valence-corrected chi connectivity index (χ4v) is 4.31. The van der Waals surface area contributed by atoms with Gasteiger partial charge in [0.25, 0.3) is 0 Å². The van der Waals surface area contributed by atoms with Crippen LogP contribution in [0.5, 0.6) is 11.5 Å². The summed E-state index contributed by atoms with van der Waals surface area (Å²) in [6.45, 7) is 7.68. The smallest absolute Gasteiger partial charge is 0.508 e. The molecule has 2 fully saturated rings. The molecule has 6 heteroatoms. The van der Waals surface area contributed by atoms with Crippen LogP contribution in [-0.2, 0) is 9.31 Å². The van der Waals surface area contributed by atoms with E-state index in [1.54, 1.807) is 18.2 Å². The molecule has 2 heterocycles. The van der Waals surface area contributed by atoms with Crippen molar-refractivity contribution in [1.29, 1.82) is 0 Å². The number of phenols is 1. The third kappa shape index (κ3) is 3.17. The summed E-state index contributed by atoms with van der Waals surface area (Å²) in [7, 11) is -1.02. The Morgan fingerprint density at radius 3 is 2.30 bits per heavy atom. The van der Waals surface area contributed by atoms with E-state index in [0.717, 1.165) is 25.7 Å². The highest BCUT2D eigenvalue weighted by Gasteiger charge is 2.54. The van der Waals surface area contributed by atoms with Crippen LogP contribution in [0.1, 0.15) is 71.8 Å². The van der Waals surface area contributed by atoms with Gasteiger partial charge in [-0.2, -0.15) is 0 Å². The molecule has 1 N–H and O–H groups in total. The van der Waals surface area contributed by atoms with Crippen LogP contribution in [0.15, 0.2) is 23.9 Å². The summed E-state index contributed by atoms with van der Waals surface area (Å²) in [5, 5.41) is 9.91. The highest BCUT2D eigenvalue weighted by Crippen LogP contribution is 2.50. The van der Waals surface area contributed by atoms with Crippen LogP contribution in [0, 0.1) is 0 Å². The summed E-state index contributed by atoms with van der Waals surface area (Å²) in [4.78, 5) is 0. The molecule has 27 heavy (non-hydrogen) atoms. The molecule has 0 atom stereocenters. The van der Waals surface area contributed by atoms with Gasteiger partial charge in [0.15, 0.2) is 0 Å². The van der Waals surface area contributed by atoms with E-state index in [2.05, 4.69) is 0 Å². The third-order valence-electron chi connectivity index (χ3n) is 6.63. The van der Waals surface area contributed by atoms with Crippen LogP contribution < -0.4 is 4.74 Å². The van der Waals surface area contributed by atoms with Crippen molar-refractivity contribution in [1.82, 2.24) is 0 Å². The molecule has 3 aliphatic rings. The van der Waals surface area contributed by atoms with E-state index >= 15 is 4.39 Å². The number of phenolic OH excluding ortho intramolecular Hbond substituents is 1. The molecule has 1 spiro atoms. The van der Waals surface area contributed by atoms with Crippen molar-refractivity contribution < 1.29 is 23.5 Å². The topological polar surface area (TPSA) is 47.9 Å². The van der Waals surface area contributed by atoms with Crippen molar-refractivity contribution in [3.05, 3.63) is 29.5 Å². The van der Waals surface area contributed by atoms with Gasteiger partial charge in [-0.1, -0.05) is 6.42 Å². The largest absolute Gasteiger partial charge is 0.525 e. The van der Waals surface area contributed by atoms with Gasteiger partial charge in [-0.05, 0) is 71.1 Å². The second-order valence-corrected chi connectivity index (χ2v) is 9.12. The van der Waals surface area contributed by atoms with Crippen LogP contribution in [0.25, 0.3) is 5.57 Å². The molecule has 0 amide bonds. The molecule has 2 aliphatic heterocycles. The van der Waals surface area contributed by atoms with Gasteiger partial charge in [0, 0.05) is 18.1 Å². The Morgan fingerprint density at radius 2 is 1.67 bits per heavy atom. The molecule has 0 bridgehead atoms. The predicted molar refractivity (Wildman–Crippen MR) is 103 cm³/mol. The van der Waals surface area contributed by atoms with Crippen LogP contribution >= 0.6 is 0 Å². The van der Waals surface area contributed by atoms with Crippen LogP contribution in [-0.4, -0.2) is 29.0 Å². The molecule has 4 rings (SSSR count). The van der Waals surface area contributed by atoms with Crippen LogP contribution in [0.4, 0.5) is 4.39 Å². The van der Waals surface area contributed by atoms with E-state index < -0.39 is 23.9 Å². The van der Waals surface area contributed by atoms with E-state index in [0.29, 0.717) is 23.3 Å². The number of fused-ring (bicyclic) bond motifs is 1. The minimum absolute atomic E-state index is 0.122. The van der Waals surface area contributed by atoms with E-state index in [-0.39, 0.29) is 11.5 Å². The molecule has 0 radical (unpaired) electrons. The van der Waals surface area contributed by atoms with Crippen LogP contribution in [0.2, 0.25) is 0 Å². The lowest BCUT2D eigenvalue weighted by molar-refractivity contribution is 0.00578. The van der Waals surface area contributed by atoms with E-state index in [4.69, 9.17) is 14.0 Å². The molecule has 4 nitrogen and oxygen atoms in total. The Kier molecular flexibility index (Phi) is 4.35. The average Bonchev–Trinajstić information content (AvgIpc) is 2.81. The monoisotopic (exact) mass is 374 g/mol. The zero-order chi connectivity index (χ0) is 19.4. The van der Waals surface area contributed by atoms with E-state index in [1.165, 1.54) is 6.42 Å². The van der Waals surface area contributed by atoms with E-state index in [1.807, 2.05) is 27.7 Å². The van der Waals surface area contributed by atoms with Gasteiger partial charge >= 0.3 is 7.12 Å². The van der Waals surface area contributed by atoms with Gasteiger partial charge in [-0.25, -0.2) is 4.39 Å². The minimum Gasteiger partial charge on any atom is -0.508 e. The minimum atomic E-state index is -1.02. The van der Waals surface area contributed by atoms with Gasteiger partial charge < -0.3 is 19.2 Å². The number of hydrogen-bond donors (Lipinski definition) is 1. The molecule has 1 aliphatic carbocycles. The summed E-state index contributed by atoms with van der Waals surface area (Å²) in [5.41, 5.74) is -0.723. The molecule has 1 aromatic carbocycles. The molecular formula is C21H28BFO4. The predicted octanol–water partition coefficient (Wildman–Crippen LogP) is 5.19. The summed E-state index contributed by atoms with van der Waals surface area (Å²) in [6.07, 6.45) is 5.60.